The number of ketones is 1. The van der Waals surface area contributed by atoms with Crippen molar-refractivity contribution in [2.45, 2.75) is 20.3 Å². The van der Waals surface area contributed by atoms with Crippen LogP contribution < -0.4 is 10.1 Å². The van der Waals surface area contributed by atoms with E-state index in [1.807, 2.05) is 6.07 Å². The number of hydrogen-bond acceptors (Lipinski definition) is 6. The summed E-state index contributed by atoms with van der Waals surface area (Å²) in [6.07, 6.45) is 0.549. The normalized spacial score (nSPS) is 16.6. The Morgan fingerprint density at radius 1 is 1.45 bits per heavy atom. The Hall–Kier alpha value is -3.76. The predicted molar refractivity (Wildman–Crippen MR) is 128 cm³/mol. The molecule has 0 aliphatic rings. The van der Waals surface area contributed by atoms with E-state index in [-0.39, 0.29) is 44.7 Å². The summed E-state index contributed by atoms with van der Waals surface area (Å²) in [5.41, 5.74) is -0.369. The van der Waals surface area contributed by atoms with Crippen LogP contribution in [0.5, 0.6) is 5.75 Å². The monoisotopic (exact) mass is 455 g/mol. The Kier molecular flexibility index (Phi) is 4.67. The summed E-state index contributed by atoms with van der Waals surface area (Å²) in [4.78, 5) is 18.3. The van der Waals surface area contributed by atoms with E-state index in [0.29, 0.717) is 0 Å². The number of benzene rings is 2. The molecule has 0 atom stereocenters. The molecule has 0 amide bonds. The Morgan fingerprint density at radius 3 is 2.94 bits per heavy atom. The van der Waals surface area contributed by atoms with Crippen LogP contribution >= 0.6 is 0 Å². The van der Waals surface area contributed by atoms with Gasteiger partial charge in [-0.15, -0.1) is 0 Å². The number of nitrogens with one attached hydrogen (secondary N) is 1. The number of ether oxygens (including phenoxy) is 1. The first-order chi connectivity index (χ1) is 19.3. The summed E-state index contributed by atoms with van der Waals surface area (Å²) < 4.78 is 92.1. The van der Waals surface area contributed by atoms with Crippen LogP contribution in [-0.4, -0.2) is 42.8 Å². The third-order valence-corrected chi connectivity index (χ3v) is 4.40. The molecule has 0 saturated carbocycles. The zero-order chi connectivity index (χ0) is 31.9. The second-order valence-corrected chi connectivity index (χ2v) is 7.11. The lowest BCUT2D eigenvalue weighted by molar-refractivity contribution is -0.114. The molecule has 0 radical (unpaired) electrons. The highest BCUT2D eigenvalue weighted by atomic mass is 19.1. The minimum atomic E-state index is -2.43. The highest BCUT2D eigenvalue weighted by Crippen LogP contribution is 2.34. The molecule has 6 nitrogen and oxygen atoms in total. The van der Waals surface area contributed by atoms with Crippen LogP contribution in [0.15, 0.2) is 48.6 Å². The van der Waals surface area contributed by atoms with Gasteiger partial charge in [-0.05, 0) is 63.8 Å². The van der Waals surface area contributed by atoms with Crippen LogP contribution in [-0.2, 0) is 11.2 Å². The maximum Gasteiger partial charge on any atom is 0.159 e. The van der Waals surface area contributed by atoms with Crippen molar-refractivity contribution < 1.29 is 26.3 Å². The molecular formula is C26H27FN4O2. The van der Waals surface area contributed by atoms with E-state index in [1.165, 1.54) is 39.3 Å². The number of nitriles is 1. The molecule has 1 N–H and O–H groups in total. The highest BCUT2D eigenvalue weighted by Gasteiger charge is 2.16. The number of halogens is 1. The van der Waals surface area contributed by atoms with Crippen LogP contribution in [0.2, 0.25) is 0 Å². The number of likely N-dealkylation sites (N-methyl/N-ethyl adjacent to an activating group) is 1. The maximum atomic E-state index is 14.3. The standard InChI is InChI=1S/C26H27FN4O2/c1-5-33-25-14-24-22(13-18(25)12-21(32)7-6-10-31(3)4)26(19(15-28)16-29-24)30-20-8-9-23(27)17(2)11-20/h6-9,11,13-14,16H,5,10,12H2,1-4H3,(H,29,30)/b7-6+/i5D2,6D,7D,8D,9D,10D2,11D. The molecule has 3 rings (SSSR count). The van der Waals surface area contributed by atoms with E-state index in [0.717, 1.165) is 11.8 Å². The van der Waals surface area contributed by atoms with Crippen molar-refractivity contribution in [2.24, 2.45) is 0 Å². The predicted octanol–water partition coefficient (Wildman–Crippen LogP) is 4.93. The average Bonchev–Trinajstić information content (AvgIpc) is 2.91. The van der Waals surface area contributed by atoms with Crippen LogP contribution in [0.3, 0.4) is 0 Å². The summed E-state index contributed by atoms with van der Waals surface area (Å²) in [6.45, 7) is -2.26. The second-order valence-electron chi connectivity index (χ2n) is 7.11. The van der Waals surface area contributed by atoms with Crippen molar-refractivity contribution in [1.82, 2.24) is 9.88 Å². The number of aromatic nitrogens is 1. The number of rotatable bonds is 9. The lowest BCUT2D eigenvalue weighted by Gasteiger charge is -2.15. The zero-order valence-electron chi connectivity index (χ0n) is 27.5. The maximum absolute atomic E-state index is 14.3. The van der Waals surface area contributed by atoms with Crippen molar-refractivity contribution in [3.63, 3.8) is 0 Å². The quantitative estimate of drug-likeness (QED) is 0.461. The molecule has 0 bridgehead atoms. The number of anilines is 2. The van der Waals surface area contributed by atoms with Gasteiger partial charge >= 0.3 is 0 Å². The van der Waals surface area contributed by atoms with Gasteiger partial charge in [0.15, 0.2) is 5.78 Å². The van der Waals surface area contributed by atoms with Crippen molar-refractivity contribution in [2.75, 3.05) is 32.5 Å². The lowest BCUT2D eigenvalue weighted by Crippen LogP contribution is -2.11. The van der Waals surface area contributed by atoms with Gasteiger partial charge in [0, 0.05) is 44.6 Å². The fraction of sp³-hybridized carbons (Fsp3) is 0.269. The van der Waals surface area contributed by atoms with Crippen LogP contribution in [0.25, 0.3) is 10.9 Å². The topological polar surface area (TPSA) is 78.2 Å². The molecule has 170 valence electrons. The second kappa shape index (κ2) is 10.7. The Bertz CT molecular complexity index is 1640. The van der Waals surface area contributed by atoms with Gasteiger partial charge in [0.25, 0.3) is 0 Å². The van der Waals surface area contributed by atoms with Gasteiger partial charge in [-0.1, -0.05) is 6.05 Å². The van der Waals surface area contributed by atoms with E-state index < -0.39 is 61.3 Å². The van der Waals surface area contributed by atoms with E-state index in [4.69, 9.17) is 17.1 Å². The van der Waals surface area contributed by atoms with Crippen molar-refractivity contribution in [1.29, 1.82) is 5.26 Å². The van der Waals surface area contributed by atoms with Gasteiger partial charge in [-0.2, -0.15) is 5.26 Å². The number of allylic oxidation sites excluding steroid dienone is 1. The average molecular weight is 456 g/mol. The van der Waals surface area contributed by atoms with E-state index in [1.54, 1.807) is 0 Å². The van der Waals surface area contributed by atoms with Crippen LogP contribution in [0, 0.1) is 24.1 Å². The van der Waals surface area contributed by atoms with Gasteiger partial charge in [0.05, 0.1) is 32.9 Å². The molecule has 2 aromatic carbocycles. The lowest BCUT2D eigenvalue weighted by atomic mass is 10.0. The van der Waals surface area contributed by atoms with Crippen molar-refractivity contribution in [3.05, 3.63) is 71.1 Å². The molecule has 1 aromatic heterocycles. The van der Waals surface area contributed by atoms with Crippen molar-refractivity contribution >= 4 is 28.1 Å². The largest absolute Gasteiger partial charge is 0.494 e. The molecule has 33 heavy (non-hydrogen) atoms. The molecule has 0 aliphatic carbocycles. The van der Waals surface area contributed by atoms with Gasteiger partial charge in [-0.3, -0.25) is 9.78 Å². The zero-order valence-corrected chi connectivity index (χ0v) is 18.5. The molecule has 0 unspecified atom stereocenters. The fourth-order valence-electron chi connectivity index (χ4n) is 2.93. The van der Waals surface area contributed by atoms with E-state index in [9.17, 15) is 14.4 Å². The molecular weight excluding hydrogens is 419 g/mol. The van der Waals surface area contributed by atoms with Gasteiger partial charge in [-0.25, -0.2) is 4.39 Å². The number of pyridine rings is 1. The minimum Gasteiger partial charge on any atom is -0.494 e. The summed E-state index contributed by atoms with van der Waals surface area (Å²) in [5.74, 6) is -2.14. The number of hydrogen-bond donors (Lipinski definition) is 1. The molecule has 0 spiro atoms. The fourth-order valence-corrected chi connectivity index (χ4v) is 2.93. The van der Waals surface area contributed by atoms with E-state index >= 15 is 0 Å². The SMILES string of the molecule is [2H]/C(C(=O)Cc1cc2c(Nc3c([2H])c([2H])c(F)c(C)c3[2H])c(C#N)cnc2cc1OC([2H])([2H])C)=C(/[2H])C([2H])([2H])N(C)C. The summed E-state index contributed by atoms with van der Waals surface area (Å²) in [7, 11) is 2.69. The minimum absolute atomic E-state index is 0.00132. The van der Waals surface area contributed by atoms with Gasteiger partial charge in [0.1, 0.15) is 17.6 Å². The molecule has 0 fully saturated rings. The molecule has 0 aliphatic heterocycles. The highest BCUT2D eigenvalue weighted by molar-refractivity contribution is 5.98. The van der Waals surface area contributed by atoms with Crippen molar-refractivity contribution in [3.8, 4) is 11.8 Å². The smallest absolute Gasteiger partial charge is 0.159 e. The summed E-state index contributed by atoms with van der Waals surface area (Å²) in [6, 6.07) is 0.938. The number of carbonyl (C=O) groups excluding carboxylic acids is 1. The summed E-state index contributed by atoms with van der Waals surface area (Å²) >= 11 is 0. The first-order valence-corrected chi connectivity index (χ1v) is 9.78. The number of carbonyl (C=O) groups is 1. The van der Waals surface area contributed by atoms with E-state index in [2.05, 4.69) is 10.3 Å². The third-order valence-electron chi connectivity index (χ3n) is 4.40. The Balaban J connectivity index is 2.28. The molecule has 7 heteroatoms. The molecule has 1 heterocycles. The van der Waals surface area contributed by atoms with Gasteiger partial charge < -0.3 is 15.0 Å². The molecule has 3 aromatic rings. The first-order valence-electron chi connectivity index (χ1n) is 14.3. The Morgan fingerprint density at radius 2 is 2.24 bits per heavy atom. The number of nitrogens with zero attached hydrogens (tertiary/aromatic N) is 3. The third kappa shape index (κ3) is 5.93. The van der Waals surface area contributed by atoms with Crippen LogP contribution in [0.4, 0.5) is 15.8 Å². The van der Waals surface area contributed by atoms with Gasteiger partial charge in [0.2, 0.25) is 0 Å². The summed E-state index contributed by atoms with van der Waals surface area (Å²) in [5, 5.41) is 12.7. The first kappa shape index (κ1) is 14.4. The molecule has 0 saturated heterocycles. The van der Waals surface area contributed by atoms with Crippen LogP contribution in [0.1, 0.15) is 36.0 Å². The Labute approximate surface area is 206 Å². The number of fused-ring (bicyclic) bond motifs is 1.